The Kier molecular flexibility index (Phi) is 4.57. The van der Waals surface area contributed by atoms with Gasteiger partial charge in [0, 0.05) is 24.7 Å². The van der Waals surface area contributed by atoms with Crippen molar-refractivity contribution >= 4 is 16.0 Å². The second kappa shape index (κ2) is 5.96. The standard InChI is InChI=1S/C13H20FN3O4S/c1-13(2)10(7-12(18)19)3-5-17(13)22(20,21)11-8-15-16(9-11)6-4-14/h8-10H,3-7H2,1-2H3,(H,18,19). The monoisotopic (exact) mass is 333 g/mol. The van der Waals surface area contributed by atoms with Crippen molar-refractivity contribution < 1.29 is 22.7 Å². The number of hydrogen-bond donors (Lipinski definition) is 1. The number of rotatable bonds is 6. The zero-order valence-corrected chi connectivity index (χ0v) is 13.4. The van der Waals surface area contributed by atoms with Crippen LogP contribution in [0, 0.1) is 5.92 Å². The number of alkyl halides is 1. The van der Waals surface area contributed by atoms with E-state index in [9.17, 15) is 17.6 Å². The molecule has 1 aromatic heterocycles. The number of aliphatic carboxylic acids is 1. The van der Waals surface area contributed by atoms with E-state index in [2.05, 4.69) is 5.10 Å². The van der Waals surface area contributed by atoms with Crippen LogP contribution in [0.2, 0.25) is 0 Å². The molecular formula is C13H20FN3O4S. The van der Waals surface area contributed by atoms with E-state index in [1.807, 2.05) is 0 Å². The number of sulfonamides is 1. The van der Waals surface area contributed by atoms with E-state index in [0.717, 1.165) is 0 Å². The molecule has 1 aliphatic heterocycles. The highest BCUT2D eigenvalue weighted by molar-refractivity contribution is 7.89. The topological polar surface area (TPSA) is 92.5 Å². The maximum absolute atomic E-state index is 12.7. The molecule has 2 heterocycles. The summed E-state index contributed by atoms with van der Waals surface area (Å²) >= 11 is 0. The summed E-state index contributed by atoms with van der Waals surface area (Å²) in [6.07, 6.45) is 2.93. The first-order chi connectivity index (χ1) is 10.2. The minimum Gasteiger partial charge on any atom is -0.481 e. The molecule has 1 fully saturated rings. The summed E-state index contributed by atoms with van der Waals surface area (Å²) in [5.74, 6) is -1.19. The highest BCUT2D eigenvalue weighted by Crippen LogP contribution is 2.40. The lowest BCUT2D eigenvalue weighted by Gasteiger charge is -2.34. The molecule has 22 heavy (non-hydrogen) atoms. The summed E-state index contributed by atoms with van der Waals surface area (Å²) in [6, 6.07) is 0. The Labute approximate surface area is 128 Å². The smallest absolute Gasteiger partial charge is 0.303 e. The largest absolute Gasteiger partial charge is 0.481 e. The molecule has 7 nitrogen and oxygen atoms in total. The molecule has 0 amide bonds. The van der Waals surface area contributed by atoms with Crippen LogP contribution in [0.15, 0.2) is 17.3 Å². The fraction of sp³-hybridized carbons (Fsp3) is 0.692. The molecule has 0 radical (unpaired) electrons. The lowest BCUT2D eigenvalue weighted by atomic mass is 9.87. The fourth-order valence-corrected chi connectivity index (χ4v) is 4.73. The van der Waals surface area contributed by atoms with Crippen LogP contribution < -0.4 is 0 Å². The average molecular weight is 333 g/mol. The first-order valence-electron chi connectivity index (χ1n) is 7.02. The van der Waals surface area contributed by atoms with E-state index >= 15 is 0 Å². The first kappa shape index (κ1) is 16.9. The molecule has 1 saturated heterocycles. The van der Waals surface area contributed by atoms with Crippen molar-refractivity contribution in [3.63, 3.8) is 0 Å². The van der Waals surface area contributed by atoms with Crippen molar-refractivity contribution in [2.45, 2.75) is 43.7 Å². The zero-order valence-electron chi connectivity index (χ0n) is 12.6. The van der Waals surface area contributed by atoms with Gasteiger partial charge in [-0.2, -0.15) is 9.40 Å². The van der Waals surface area contributed by atoms with Gasteiger partial charge in [-0.3, -0.25) is 9.48 Å². The predicted molar refractivity (Wildman–Crippen MR) is 76.5 cm³/mol. The van der Waals surface area contributed by atoms with E-state index < -0.39 is 28.2 Å². The normalized spacial score (nSPS) is 22.0. The number of halogens is 1. The first-order valence-corrected chi connectivity index (χ1v) is 8.46. The van der Waals surface area contributed by atoms with Crippen LogP contribution in [-0.2, 0) is 21.4 Å². The molecule has 0 aromatic carbocycles. The Morgan fingerprint density at radius 1 is 1.55 bits per heavy atom. The molecule has 1 aliphatic rings. The van der Waals surface area contributed by atoms with Crippen molar-refractivity contribution in [3.05, 3.63) is 12.4 Å². The average Bonchev–Trinajstić information content (AvgIpc) is 2.96. The Hall–Kier alpha value is -1.48. The molecule has 0 bridgehead atoms. The van der Waals surface area contributed by atoms with Crippen LogP contribution >= 0.6 is 0 Å². The number of hydrogen-bond acceptors (Lipinski definition) is 4. The Balaban J connectivity index is 2.27. The van der Waals surface area contributed by atoms with Crippen LogP contribution in [0.25, 0.3) is 0 Å². The SMILES string of the molecule is CC1(C)C(CC(=O)O)CCN1S(=O)(=O)c1cnn(CCF)c1. The Morgan fingerprint density at radius 2 is 2.23 bits per heavy atom. The molecule has 0 aliphatic carbocycles. The Bertz CT molecular complexity index is 656. The van der Waals surface area contributed by atoms with Crippen LogP contribution in [-0.4, -0.2) is 52.3 Å². The third-order valence-electron chi connectivity index (χ3n) is 4.25. The lowest BCUT2D eigenvalue weighted by molar-refractivity contribution is -0.138. The van der Waals surface area contributed by atoms with Crippen molar-refractivity contribution in [3.8, 4) is 0 Å². The molecule has 0 saturated carbocycles. The number of aryl methyl sites for hydroxylation is 1. The van der Waals surface area contributed by atoms with E-state index in [-0.39, 0.29) is 30.3 Å². The van der Waals surface area contributed by atoms with Gasteiger partial charge in [-0.25, -0.2) is 12.8 Å². The number of nitrogens with zero attached hydrogens (tertiary/aromatic N) is 3. The molecule has 124 valence electrons. The maximum Gasteiger partial charge on any atom is 0.303 e. The predicted octanol–water partition coefficient (Wildman–Crippen LogP) is 1.12. The molecule has 2 rings (SSSR count). The molecule has 1 atom stereocenters. The van der Waals surface area contributed by atoms with Gasteiger partial charge in [0.25, 0.3) is 0 Å². The van der Waals surface area contributed by atoms with Crippen molar-refractivity contribution in [1.82, 2.24) is 14.1 Å². The summed E-state index contributed by atoms with van der Waals surface area (Å²) in [6.45, 7) is 3.10. The summed E-state index contributed by atoms with van der Waals surface area (Å²) in [5, 5.41) is 12.8. The van der Waals surface area contributed by atoms with Crippen molar-refractivity contribution in [1.29, 1.82) is 0 Å². The minimum atomic E-state index is -3.78. The summed E-state index contributed by atoms with van der Waals surface area (Å²) in [5.41, 5.74) is -0.792. The van der Waals surface area contributed by atoms with Gasteiger partial charge in [0.05, 0.1) is 12.7 Å². The maximum atomic E-state index is 12.7. The highest BCUT2D eigenvalue weighted by Gasteiger charge is 2.48. The van der Waals surface area contributed by atoms with Crippen LogP contribution in [0.3, 0.4) is 0 Å². The van der Waals surface area contributed by atoms with Crippen molar-refractivity contribution in [2.75, 3.05) is 13.2 Å². The van der Waals surface area contributed by atoms with Gasteiger partial charge in [-0.05, 0) is 26.2 Å². The van der Waals surface area contributed by atoms with Gasteiger partial charge in [0.2, 0.25) is 10.0 Å². The molecule has 1 N–H and O–H groups in total. The van der Waals surface area contributed by atoms with E-state index in [1.165, 1.54) is 21.4 Å². The van der Waals surface area contributed by atoms with Crippen LogP contribution in [0.5, 0.6) is 0 Å². The molecule has 1 unspecified atom stereocenters. The van der Waals surface area contributed by atoms with Crippen LogP contribution in [0.1, 0.15) is 26.7 Å². The second-order valence-corrected chi connectivity index (χ2v) is 7.80. The number of carboxylic acid groups (broad SMARTS) is 1. The van der Waals surface area contributed by atoms with Crippen LogP contribution in [0.4, 0.5) is 4.39 Å². The Morgan fingerprint density at radius 3 is 2.82 bits per heavy atom. The van der Waals surface area contributed by atoms with Gasteiger partial charge < -0.3 is 5.11 Å². The molecule has 9 heteroatoms. The summed E-state index contributed by atoms with van der Waals surface area (Å²) in [7, 11) is -3.78. The van der Waals surface area contributed by atoms with Gasteiger partial charge in [0.1, 0.15) is 11.6 Å². The quantitative estimate of drug-likeness (QED) is 0.842. The second-order valence-electron chi connectivity index (χ2n) is 5.94. The van der Waals surface area contributed by atoms with E-state index in [0.29, 0.717) is 6.42 Å². The molecular weight excluding hydrogens is 313 g/mol. The van der Waals surface area contributed by atoms with Gasteiger partial charge >= 0.3 is 5.97 Å². The summed E-state index contributed by atoms with van der Waals surface area (Å²) in [4.78, 5) is 10.9. The van der Waals surface area contributed by atoms with E-state index in [4.69, 9.17) is 5.11 Å². The van der Waals surface area contributed by atoms with Gasteiger partial charge in [-0.1, -0.05) is 0 Å². The third kappa shape index (κ3) is 3.00. The van der Waals surface area contributed by atoms with Gasteiger partial charge in [0.15, 0.2) is 0 Å². The fourth-order valence-electron chi connectivity index (χ4n) is 2.92. The molecule has 1 aromatic rings. The third-order valence-corrected chi connectivity index (χ3v) is 6.29. The number of carbonyl (C=O) groups is 1. The highest BCUT2D eigenvalue weighted by atomic mass is 32.2. The summed E-state index contributed by atoms with van der Waals surface area (Å²) < 4.78 is 40.3. The number of carboxylic acids is 1. The number of aromatic nitrogens is 2. The minimum absolute atomic E-state index is 0.000548. The van der Waals surface area contributed by atoms with Crippen molar-refractivity contribution in [2.24, 2.45) is 5.92 Å². The lowest BCUT2D eigenvalue weighted by Crippen LogP contribution is -2.46. The van der Waals surface area contributed by atoms with Gasteiger partial charge in [-0.15, -0.1) is 0 Å². The molecule has 0 spiro atoms. The zero-order chi connectivity index (χ0) is 16.5. The van der Waals surface area contributed by atoms with E-state index in [1.54, 1.807) is 13.8 Å².